The van der Waals surface area contributed by atoms with E-state index in [1.54, 1.807) is 0 Å². The van der Waals surface area contributed by atoms with Gasteiger partial charge in [0.1, 0.15) is 10.8 Å². The summed E-state index contributed by atoms with van der Waals surface area (Å²) in [6, 6.07) is 1.98. The van der Waals surface area contributed by atoms with Gasteiger partial charge in [0, 0.05) is 25.4 Å². The predicted molar refractivity (Wildman–Crippen MR) is 79.2 cm³/mol. The van der Waals surface area contributed by atoms with Crippen molar-refractivity contribution in [1.82, 2.24) is 4.98 Å². The lowest BCUT2D eigenvalue weighted by molar-refractivity contribution is 0.289. The molecule has 5 heteroatoms. The minimum absolute atomic E-state index is 0.170. The summed E-state index contributed by atoms with van der Waals surface area (Å²) in [5.41, 5.74) is 8.64. The van der Waals surface area contributed by atoms with Crippen molar-refractivity contribution in [2.24, 2.45) is 5.73 Å². The maximum atomic E-state index is 8.95. The first kappa shape index (κ1) is 14.9. The monoisotopic (exact) mass is 267 g/mol. The molecule has 0 radical (unpaired) electrons. The van der Waals surface area contributed by atoms with E-state index in [-0.39, 0.29) is 6.61 Å². The van der Waals surface area contributed by atoms with Gasteiger partial charge >= 0.3 is 0 Å². The molecule has 1 aromatic rings. The number of aliphatic hydroxyl groups is 1. The number of hydrogen-bond donors (Lipinski definition) is 2. The van der Waals surface area contributed by atoms with Gasteiger partial charge < -0.3 is 15.7 Å². The molecule has 0 unspecified atom stereocenters. The van der Waals surface area contributed by atoms with Crippen LogP contribution in [0.1, 0.15) is 30.2 Å². The van der Waals surface area contributed by atoms with E-state index in [4.69, 9.17) is 23.1 Å². The van der Waals surface area contributed by atoms with Gasteiger partial charge in [-0.15, -0.1) is 0 Å². The Morgan fingerprint density at radius 2 is 2.17 bits per heavy atom. The summed E-state index contributed by atoms with van der Waals surface area (Å²) in [5.74, 6) is 0.830. The topological polar surface area (TPSA) is 62.4 Å². The fourth-order valence-corrected chi connectivity index (χ4v) is 2.28. The second-order valence-electron chi connectivity index (χ2n) is 4.30. The fourth-order valence-electron chi connectivity index (χ4n) is 2.03. The van der Waals surface area contributed by atoms with Crippen LogP contribution >= 0.6 is 12.2 Å². The quantitative estimate of drug-likeness (QED) is 0.766. The summed E-state index contributed by atoms with van der Waals surface area (Å²) in [5, 5.41) is 8.95. The highest BCUT2D eigenvalue weighted by molar-refractivity contribution is 7.80. The molecule has 4 nitrogen and oxygen atoms in total. The lowest BCUT2D eigenvalue weighted by atomic mass is 10.1. The smallest absolute Gasteiger partial charge is 0.139 e. The second-order valence-corrected chi connectivity index (χ2v) is 4.74. The van der Waals surface area contributed by atoms with Crippen molar-refractivity contribution in [1.29, 1.82) is 0 Å². The van der Waals surface area contributed by atoms with Gasteiger partial charge in [0.15, 0.2) is 0 Å². The molecule has 1 heterocycles. The van der Waals surface area contributed by atoms with Crippen molar-refractivity contribution >= 4 is 23.0 Å². The van der Waals surface area contributed by atoms with Crippen LogP contribution in [0, 0.1) is 13.8 Å². The van der Waals surface area contributed by atoms with E-state index in [2.05, 4.69) is 16.8 Å². The van der Waals surface area contributed by atoms with E-state index >= 15 is 0 Å². The average molecular weight is 267 g/mol. The first-order valence-corrected chi connectivity index (χ1v) is 6.56. The van der Waals surface area contributed by atoms with E-state index in [1.807, 2.05) is 19.9 Å². The van der Waals surface area contributed by atoms with Crippen LogP contribution in [0.5, 0.6) is 0 Å². The molecule has 0 saturated carbocycles. The SMILES string of the molecule is CCN(CCCO)c1nc(C)cc(C)c1C(N)=S. The number of nitrogens with zero attached hydrogens (tertiary/aromatic N) is 2. The molecular formula is C13H21N3OS. The third-order valence-electron chi connectivity index (χ3n) is 2.84. The number of thiocarbonyl (C=S) groups is 1. The zero-order valence-corrected chi connectivity index (χ0v) is 12.0. The third-order valence-corrected chi connectivity index (χ3v) is 3.04. The van der Waals surface area contributed by atoms with Gasteiger partial charge in [0.2, 0.25) is 0 Å². The Labute approximate surface area is 114 Å². The van der Waals surface area contributed by atoms with Gasteiger partial charge in [-0.05, 0) is 38.8 Å². The molecule has 0 saturated heterocycles. The summed E-state index contributed by atoms with van der Waals surface area (Å²) < 4.78 is 0. The summed E-state index contributed by atoms with van der Waals surface area (Å²) in [7, 11) is 0. The van der Waals surface area contributed by atoms with Crippen molar-refractivity contribution in [3.05, 3.63) is 22.9 Å². The molecule has 100 valence electrons. The minimum Gasteiger partial charge on any atom is -0.396 e. The molecule has 0 aliphatic carbocycles. The third kappa shape index (κ3) is 3.40. The lowest BCUT2D eigenvalue weighted by Crippen LogP contribution is -2.29. The standard InChI is InChI=1S/C13H21N3OS/c1-4-16(6-5-7-17)13-11(12(14)18)9(2)8-10(3)15-13/h8,17H,4-7H2,1-3H3,(H2,14,18). The molecule has 18 heavy (non-hydrogen) atoms. The highest BCUT2D eigenvalue weighted by Gasteiger charge is 2.16. The summed E-state index contributed by atoms with van der Waals surface area (Å²) >= 11 is 5.12. The number of anilines is 1. The molecule has 0 aliphatic rings. The molecule has 0 spiro atoms. The van der Waals surface area contributed by atoms with Gasteiger partial charge in [-0.1, -0.05) is 12.2 Å². The second kappa shape index (κ2) is 6.66. The molecule has 0 aromatic carbocycles. The summed E-state index contributed by atoms with van der Waals surface area (Å²) in [4.78, 5) is 7.03. The van der Waals surface area contributed by atoms with Gasteiger partial charge in [-0.3, -0.25) is 0 Å². The Morgan fingerprint density at radius 1 is 1.50 bits per heavy atom. The number of nitrogens with two attached hydrogens (primary N) is 1. The van der Waals surface area contributed by atoms with Gasteiger partial charge in [0.25, 0.3) is 0 Å². The first-order valence-electron chi connectivity index (χ1n) is 6.15. The zero-order chi connectivity index (χ0) is 13.7. The Morgan fingerprint density at radius 3 is 2.67 bits per heavy atom. The first-order chi connectivity index (χ1) is 8.51. The molecule has 1 aromatic heterocycles. The molecule has 0 bridgehead atoms. The Bertz CT molecular complexity index is 434. The summed E-state index contributed by atoms with van der Waals surface area (Å²) in [6.07, 6.45) is 0.708. The Hall–Kier alpha value is -1.20. The Kier molecular flexibility index (Phi) is 5.50. The number of hydrogen-bond acceptors (Lipinski definition) is 4. The molecule has 0 fully saturated rings. The Balaban J connectivity index is 3.22. The predicted octanol–water partition coefficient (Wildman–Crippen LogP) is 1.54. The van der Waals surface area contributed by atoms with Gasteiger partial charge in [-0.25, -0.2) is 4.98 Å². The number of rotatable bonds is 6. The van der Waals surface area contributed by atoms with Crippen LogP contribution in [0.4, 0.5) is 5.82 Å². The van der Waals surface area contributed by atoms with E-state index < -0.39 is 0 Å². The number of aromatic nitrogens is 1. The number of pyridine rings is 1. The number of aliphatic hydroxyl groups excluding tert-OH is 1. The van der Waals surface area contributed by atoms with Crippen molar-refractivity contribution in [3.8, 4) is 0 Å². The van der Waals surface area contributed by atoms with Crippen LogP contribution in [0.2, 0.25) is 0 Å². The summed E-state index contributed by atoms with van der Waals surface area (Å²) in [6.45, 7) is 7.74. The molecule has 0 aliphatic heterocycles. The zero-order valence-electron chi connectivity index (χ0n) is 11.2. The van der Waals surface area contributed by atoms with Crippen LogP contribution in [0.15, 0.2) is 6.07 Å². The largest absolute Gasteiger partial charge is 0.396 e. The van der Waals surface area contributed by atoms with Gasteiger partial charge in [-0.2, -0.15) is 0 Å². The van der Waals surface area contributed by atoms with Crippen molar-refractivity contribution in [3.63, 3.8) is 0 Å². The van der Waals surface area contributed by atoms with E-state index in [0.29, 0.717) is 11.4 Å². The molecule has 1 rings (SSSR count). The van der Waals surface area contributed by atoms with Crippen LogP contribution in [-0.2, 0) is 0 Å². The molecule has 0 atom stereocenters. The highest BCUT2D eigenvalue weighted by atomic mass is 32.1. The lowest BCUT2D eigenvalue weighted by Gasteiger charge is -2.25. The van der Waals surface area contributed by atoms with Gasteiger partial charge in [0.05, 0.1) is 5.56 Å². The van der Waals surface area contributed by atoms with E-state index in [9.17, 15) is 0 Å². The minimum atomic E-state index is 0.170. The van der Waals surface area contributed by atoms with Crippen molar-refractivity contribution in [2.75, 3.05) is 24.6 Å². The fraction of sp³-hybridized carbons (Fsp3) is 0.538. The van der Waals surface area contributed by atoms with Crippen LogP contribution in [-0.4, -0.2) is 34.8 Å². The number of aryl methyl sites for hydroxylation is 2. The molecule has 0 amide bonds. The van der Waals surface area contributed by atoms with Crippen molar-refractivity contribution in [2.45, 2.75) is 27.2 Å². The molecule has 3 N–H and O–H groups in total. The van der Waals surface area contributed by atoms with Crippen LogP contribution < -0.4 is 10.6 Å². The van der Waals surface area contributed by atoms with E-state index in [1.165, 1.54) is 0 Å². The van der Waals surface area contributed by atoms with Crippen LogP contribution in [0.25, 0.3) is 0 Å². The highest BCUT2D eigenvalue weighted by Crippen LogP contribution is 2.22. The average Bonchev–Trinajstić information content (AvgIpc) is 2.28. The van der Waals surface area contributed by atoms with Crippen LogP contribution in [0.3, 0.4) is 0 Å². The van der Waals surface area contributed by atoms with E-state index in [0.717, 1.165) is 35.7 Å². The molecular weight excluding hydrogens is 246 g/mol. The normalized spacial score (nSPS) is 10.4. The van der Waals surface area contributed by atoms with Crippen molar-refractivity contribution < 1.29 is 5.11 Å². The maximum absolute atomic E-state index is 8.95. The maximum Gasteiger partial charge on any atom is 0.139 e.